The number of rotatable bonds is 2. The van der Waals surface area contributed by atoms with Gasteiger partial charge in [0.15, 0.2) is 0 Å². The minimum atomic E-state index is 0.429. The molecule has 2 aromatic rings. The fraction of sp³-hybridized carbons (Fsp3) is 0.0909. The zero-order valence-electron chi connectivity index (χ0n) is 7.89. The lowest BCUT2D eigenvalue weighted by atomic mass is 10.1. The Morgan fingerprint density at radius 2 is 2.33 bits per heavy atom. The molecule has 15 heavy (non-hydrogen) atoms. The van der Waals surface area contributed by atoms with Gasteiger partial charge in [0.25, 0.3) is 0 Å². The molecule has 74 valence electrons. The molecular weight excluding hydrogens is 254 g/mol. The highest BCUT2D eigenvalue weighted by atomic mass is 79.9. The van der Waals surface area contributed by atoms with Crippen LogP contribution in [0.4, 0.5) is 0 Å². The second kappa shape index (κ2) is 4.28. The van der Waals surface area contributed by atoms with Gasteiger partial charge in [-0.05, 0) is 39.7 Å². The highest BCUT2D eigenvalue weighted by Crippen LogP contribution is 2.21. The average molecular weight is 262 g/mol. The van der Waals surface area contributed by atoms with E-state index < -0.39 is 0 Å². The Morgan fingerprint density at radius 3 is 2.93 bits per heavy atom. The van der Waals surface area contributed by atoms with Crippen LogP contribution in [0.5, 0.6) is 0 Å². The third-order valence-electron chi connectivity index (χ3n) is 2.05. The van der Waals surface area contributed by atoms with E-state index in [1.54, 1.807) is 10.9 Å². The van der Waals surface area contributed by atoms with Crippen LogP contribution in [0.3, 0.4) is 0 Å². The van der Waals surface area contributed by atoms with Gasteiger partial charge in [0.2, 0.25) is 0 Å². The molecule has 0 bridgehead atoms. The molecule has 0 aliphatic rings. The summed E-state index contributed by atoms with van der Waals surface area (Å²) in [6, 6.07) is 9.82. The van der Waals surface area contributed by atoms with E-state index in [0.717, 1.165) is 15.7 Å². The molecule has 0 N–H and O–H groups in total. The van der Waals surface area contributed by atoms with Gasteiger partial charge in [0.05, 0.1) is 18.2 Å². The first-order valence-corrected chi connectivity index (χ1v) is 5.26. The van der Waals surface area contributed by atoms with Gasteiger partial charge in [0.1, 0.15) is 0 Å². The molecule has 1 aromatic carbocycles. The third-order valence-corrected chi connectivity index (χ3v) is 2.68. The summed E-state index contributed by atoms with van der Waals surface area (Å²) in [7, 11) is 0. The van der Waals surface area contributed by atoms with Crippen LogP contribution in [-0.2, 0) is 6.42 Å². The topological polar surface area (TPSA) is 41.6 Å². The lowest BCUT2D eigenvalue weighted by Crippen LogP contribution is -1.96. The van der Waals surface area contributed by atoms with Crippen molar-refractivity contribution in [2.45, 2.75) is 6.42 Å². The lowest BCUT2D eigenvalue weighted by molar-refractivity contribution is 0.875. The van der Waals surface area contributed by atoms with Crippen molar-refractivity contribution in [1.82, 2.24) is 9.78 Å². The Morgan fingerprint density at radius 1 is 1.47 bits per heavy atom. The molecule has 0 amide bonds. The van der Waals surface area contributed by atoms with Crippen molar-refractivity contribution < 1.29 is 0 Å². The van der Waals surface area contributed by atoms with Crippen molar-refractivity contribution in [3.63, 3.8) is 0 Å². The van der Waals surface area contributed by atoms with E-state index in [1.165, 1.54) is 0 Å². The highest BCUT2D eigenvalue weighted by molar-refractivity contribution is 9.10. The number of aromatic nitrogens is 2. The maximum atomic E-state index is 8.58. The number of nitrogens with zero attached hydrogens (tertiary/aromatic N) is 3. The Labute approximate surface area is 96.1 Å². The number of hydrogen-bond acceptors (Lipinski definition) is 2. The second-order valence-electron chi connectivity index (χ2n) is 3.07. The van der Waals surface area contributed by atoms with Crippen LogP contribution < -0.4 is 0 Å². The predicted molar refractivity (Wildman–Crippen MR) is 60.6 cm³/mol. The van der Waals surface area contributed by atoms with Gasteiger partial charge in [-0.1, -0.05) is 6.07 Å². The molecule has 0 atom stereocenters. The summed E-state index contributed by atoms with van der Waals surface area (Å²) in [6.45, 7) is 0. The molecule has 3 nitrogen and oxygen atoms in total. The van der Waals surface area contributed by atoms with Gasteiger partial charge in [-0.15, -0.1) is 0 Å². The minimum absolute atomic E-state index is 0.429. The normalized spacial score (nSPS) is 9.87. The number of nitriles is 1. The fourth-order valence-electron chi connectivity index (χ4n) is 1.35. The standard InChI is InChI=1S/C11H8BrN3/c12-10-8-9(4-5-13)2-3-11(10)15-7-1-6-14-15/h1-3,6-8H,4H2. The SMILES string of the molecule is N#CCc1ccc(-n2cccn2)c(Br)c1. The third kappa shape index (κ3) is 2.08. The lowest BCUT2D eigenvalue weighted by Gasteiger charge is -2.05. The second-order valence-corrected chi connectivity index (χ2v) is 3.93. The van der Waals surface area contributed by atoms with Crippen LogP contribution in [0.2, 0.25) is 0 Å². The first-order valence-electron chi connectivity index (χ1n) is 4.46. The van der Waals surface area contributed by atoms with E-state index in [9.17, 15) is 0 Å². The average Bonchev–Trinajstić information content (AvgIpc) is 2.71. The van der Waals surface area contributed by atoms with E-state index in [0.29, 0.717) is 6.42 Å². The molecule has 0 fully saturated rings. The van der Waals surface area contributed by atoms with Crippen molar-refractivity contribution in [2.24, 2.45) is 0 Å². The summed E-state index contributed by atoms with van der Waals surface area (Å²) in [6.07, 6.45) is 4.04. The van der Waals surface area contributed by atoms with Gasteiger partial charge < -0.3 is 0 Å². The van der Waals surface area contributed by atoms with Gasteiger partial charge in [-0.3, -0.25) is 0 Å². The molecule has 0 saturated heterocycles. The summed E-state index contributed by atoms with van der Waals surface area (Å²) in [4.78, 5) is 0. The van der Waals surface area contributed by atoms with Crippen molar-refractivity contribution in [3.8, 4) is 11.8 Å². The van der Waals surface area contributed by atoms with Gasteiger partial charge in [-0.2, -0.15) is 10.4 Å². The quantitative estimate of drug-likeness (QED) is 0.834. The molecule has 2 rings (SSSR count). The summed E-state index contributed by atoms with van der Waals surface area (Å²) in [5.74, 6) is 0. The van der Waals surface area contributed by atoms with Crippen LogP contribution in [0.1, 0.15) is 5.56 Å². The van der Waals surface area contributed by atoms with E-state index in [1.807, 2.05) is 30.5 Å². The molecule has 1 heterocycles. The minimum Gasteiger partial charge on any atom is -0.240 e. The number of benzene rings is 1. The highest BCUT2D eigenvalue weighted by Gasteiger charge is 2.03. The maximum absolute atomic E-state index is 8.58. The smallest absolute Gasteiger partial charge is 0.0787 e. The molecule has 0 saturated carbocycles. The monoisotopic (exact) mass is 261 g/mol. The van der Waals surface area contributed by atoms with Crippen molar-refractivity contribution in [1.29, 1.82) is 5.26 Å². The van der Waals surface area contributed by atoms with Gasteiger partial charge in [-0.25, -0.2) is 4.68 Å². The van der Waals surface area contributed by atoms with Gasteiger partial charge >= 0.3 is 0 Å². The van der Waals surface area contributed by atoms with E-state index in [4.69, 9.17) is 5.26 Å². The van der Waals surface area contributed by atoms with Crippen molar-refractivity contribution >= 4 is 15.9 Å². The Balaban J connectivity index is 2.40. The molecule has 0 radical (unpaired) electrons. The largest absolute Gasteiger partial charge is 0.240 e. The molecule has 0 aliphatic carbocycles. The zero-order chi connectivity index (χ0) is 10.7. The Kier molecular flexibility index (Phi) is 2.84. The molecular formula is C11H8BrN3. The molecule has 0 aliphatic heterocycles. The summed E-state index contributed by atoms with van der Waals surface area (Å²) < 4.78 is 2.72. The summed E-state index contributed by atoms with van der Waals surface area (Å²) in [5.41, 5.74) is 1.97. The Hall–Kier alpha value is -1.60. The molecule has 0 unspecified atom stereocenters. The number of halogens is 1. The zero-order valence-corrected chi connectivity index (χ0v) is 9.48. The van der Waals surface area contributed by atoms with E-state index in [2.05, 4.69) is 27.1 Å². The van der Waals surface area contributed by atoms with Crippen LogP contribution >= 0.6 is 15.9 Å². The van der Waals surface area contributed by atoms with Crippen molar-refractivity contribution in [2.75, 3.05) is 0 Å². The van der Waals surface area contributed by atoms with E-state index in [-0.39, 0.29) is 0 Å². The van der Waals surface area contributed by atoms with Crippen LogP contribution in [-0.4, -0.2) is 9.78 Å². The van der Waals surface area contributed by atoms with Crippen molar-refractivity contribution in [3.05, 3.63) is 46.7 Å². The molecule has 0 spiro atoms. The first-order chi connectivity index (χ1) is 7.31. The Bertz CT molecular complexity index is 497. The summed E-state index contributed by atoms with van der Waals surface area (Å²) >= 11 is 3.47. The molecule has 1 aromatic heterocycles. The van der Waals surface area contributed by atoms with Crippen LogP contribution in [0.25, 0.3) is 5.69 Å². The number of hydrogen-bond donors (Lipinski definition) is 0. The predicted octanol–water partition coefficient (Wildman–Crippen LogP) is 2.70. The van der Waals surface area contributed by atoms with E-state index >= 15 is 0 Å². The van der Waals surface area contributed by atoms with Gasteiger partial charge in [0, 0.05) is 16.9 Å². The first kappa shape index (κ1) is 9.94. The summed E-state index contributed by atoms with van der Waals surface area (Å²) in [5, 5.41) is 12.7. The van der Waals surface area contributed by atoms with Crippen LogP contribution in [0, 0.1) is 11.3 Å². The fourth-order valence-corrected chi connectivity index (χ4v) is 1.96. The molecule has 4 heteroatoms. The van der Waals surface area contributed by atoms with Crippen LogP contribution in [0.15, 0.2) is 41.1 Å². The maximum Gasteiger partial charge on any atom is 0.0787 e.